The van der Waals surface area contributed by atoms with Gasteiger partial charge in [0.15, 0.2) is 5.65 Å². The lowest BCUT2D eigenvalue weighted by molar-refractivity contribution is 0.100. The van der Waals surface area contributed by atoms with Gasteiger partial charge in [-0.1, -0.05) is 33.1 Å². The molecule has 3 aromatic rings. The first-order valence-electron chi connectivity index (χ1n) is 10.1. The molecule has 0 atom stereocenters. The molecular weight excluding hydrogens is 384 g/mol. The molecular formula is C20H30N8O2. The van der Waals surface area contributed by atoms with Crippen molar-refractivity contribution in [1.82, 2.24) is 29.5 Å². The van der Waals surface area contributed by atoms with E-state index in [4.69, 9.17) is 11.5 Å². The van der Waals surface area contributed by atoms with Crippen LogP contribution in [0.2, 0.25) is 0 Å². The van der Waals surface area contributed by atoms with E-state index >= 15 is 0 Å². The quantitative estimate of drug-likeness (QED) is 0.599. The van der Waals surface area contributed by atoms with Gasteiger partial charge in [0.05, 0.1) is 30.8 Å². The maximum atomic E-state index is 11.5. The van der Waals surface area contributed by atoms with Gasteiger partial charge in [-0.15, -0.1) is 0 Å². The van der Waals surface area contributed by atoms with Crippen molar-refractivity contribution in [3.63, 3.8) is 0 Å². The Bertz CT molecular complexity index is 1050. The lowest BCUT2D eigenvalue weighted by atomic mass is 10.2. The van der Waals surface area contributed by atoms with Crippen LogP contribution in [0.3, 0.4) is 0 Å². The van der Waals surface area contributed by atoms with Crippen LogP contribution in [0.15, 0.2) is 23.5 Å². The molecule has 3 heterocycles. The number of amides is 1. The highest BCUT2D eigenvalue weighted by Crippen LogP contribution is 2.31. The molecule has 0 saturated heterocycles. The van der Waals surface area contributed by atoms with Crippen molar-refractivity contribution in [3.05, 3.63) is 34.6 Å². The summed E-state index contributed by atoms with van der Waals surface area (Å²) >= 11 is 0. The number of nitrogens with zero attached hydrogens (tertiary/aromatic N) is 5. The van der Waals surface area contributed by atoms with Crippen molar-refractivity contribution in [2.24, 2.45) is 5.73 Å². The average molecular weight is 415 g/mol. The minimum Gasteiger partial charge on any atom is -0.383 e. The highest BCUT2D eigenvalue weighted by atomic mass is 16.1. The smallest absolute Gasteiger partial charge is 0.261 e. The van der Waals surface area contributed by atoms with Crippen molar-refractivity contribution < 1.29 is 4.79 Å². The Morgan fingerprint density at radius 3 is 2.13 bits per heavy atom. The lowest BCUT2D eigenvalue weighted by Gasteiger charge is -2.11. The van der Waals surface area contributed by atoms with Gasteiger partial charge in [0.2, 0.25) is 0 Å². The first-order chi connectivity index (χ1) is 14.1. The van der Waals surface area contributed by atoms with Crippen LogP contribution in [0, 0.1) is 0 Å². The van der Waals surface area contributed by atoms with Crippen LogP contribution in [0.1, 0.15) is 81.2 Å². The van der Waals surface area contributed by atoms with Crippen LogP contribution >= 0.6 is 0 Å². The number of aromatic amines is 1. The summed E-state index contributed by atoms with van der Waals surface area (Å²) in [6, 6.07) is 0.778. The number of nitrogens with one attached hydrogen (secondary N) is 1. The average Bonchev–Trinajstić information content (AvgIpc) is 3.48. The Labute approximate surface area is 174 Å². The summed E-state index contributed by atoms with van der Waals surface area (Å²) < 4.78 is 3.63. The van der Waals surface area contributed by atoms with Gasteiger partial charge in [0.25, 0.3) is 11.5 Å². The molecule has 30 heavy (non-hydrogen) atoms. The van der Waals surface area contributed by atoms with E-state index in [9.17, 15) is 9.59 Å². The SMILES string of the molecule is C.NC(=O)c1cnn(C2CCCC2)c1N.O=c1[nH]cnc2c1cnn2C1CCCC1. The van der Waals surface area contributed by atoms with Crippen LogP contribution in [-0.4, -0.2) is 35.4 Å². The van der Waals surface area contributed by atoms with Crippen LogP contribution < -0.4 is 17.0 Å². The summed E-state index contributed by atoms with van der Waals surface area (Å²) in [7, 11) is 0. The molecule has 2 fully saturated rings. The number of hydrogen-bond acceptors (Lipinski definition) is 6. The maximum Gasteiger partial charge on any atom is 0.261 e. The molecule has 10 nitrogen and oxygen atoms in total. The number of primary amides is 1. The van der Waals surface area contributed by atoms with E-state index < -0.39 is 5.91 Å². The fraction of sp³-hybridized carbons (Fsp3) is 0.550. The first kappa shape index (κ1) is 21.5. The highest BCUT2D eigenvalue weighted by Gasteiger charge is 2.22. The summed E-state index contributed by atoms with van der Waals surface area (Å²) in [6.07, 6.45) is 13.9. The zero-order valence-corrected chi connectivity index (χ0v) is 16.3. The van der Waals surface area contributed by atoms with Gasteiger partial charge in [-0.25, -0.2) is 14.3 Å². The molecule has 5 N–H and O–H groups in total. The normalized spacial score (nSPS) is 16.9. The maximum absolute atomic E-state index is 11.5. The second kappa shape index (κ2) is 9.10. The van der Waals surface area contributed by atoms with Gasteiger partial charge in [0.1, 0.15) is 16.8 Å². The molecule has 0 spiro atoms. The molecule has 0 unspecified atom stereocenters. The van der Waals surface area contributed by atoms with Crippen molar-refractivity contribution in [3.8, 4) is 0 Å². The molecule has 10 heteroatoms. The number of nitrogen functional groups attached to an aromatic ring is 1. The minimum atomic E-state index is -0.508. The molecule has 2 aliphatic carbocycles. The van der Waals surface area contributed by atoms with Crippen LogP contribution in [0.4, 0.5) is 5.82 Å². The Hall–Kier alpha value is -3.17. The molecule has 0 aromatic carbocycles. The number of aromatic nitrogens is 6. The Balaban J connectivity index is 0.000000166. The highest BCUT2D eigenvalue weighted by molar-refractivity contribution is 5.96. The third kappa shape index (κ3) is 4.07. The third-order valence-electron chi connectivity index (χ3n) is 5.84. The molecule has 0 bridgehead atoms. The second-order valence-electron chi connectivity index (χ2n) is 7.69. The van der Waals surface area contributed by atoms with Crippen molar-refractivity contribution in [2.45, 2.75) is 70.9 Å². The lowest BCUT2D eigenvalue weighted by Crippen LogP contribution is -2.15. The molecule has 1 amide bonds. The van der Waals surface area contributed by atoms with E-state index in [-0.39, 0.29) is 13.0 Å². The fourth-order valence-electron chi connectivity index (χ4n) is 4.29. The number of anilines is 1. The van der Waals surface area contributed by atoms with Gasteiger partial charge < -0.3 is 16.5 Å². The number of hydrogen-bond donors (Lipinski definition) is 3. The number of rotatable bonds is 3. The Morgan fingerprint density at radius 1 is 1.00 bits per heavy atom. The van der Waals surface area contributed by atoms with Crippen LogP contribution in [-0.2, 0) is 0 Å². The molecule has 0 radical (unpaired) electrons. The van der Waals surface area contributed by atoms with E-state index in [0.29, 0.717) is 34.5 Å². The van der Waals surface area contributed by atoms with Crippen LogP contribution in [0.5, 0.6) is 0 Å². The number of carbonyl (C=O) groups is 1. The van der Waals surface area contributed by atoms with Crippen molar-refractivity contribution in [1.29, 1.82) is 0 Å². The second-order valence-corrected chi connectivity index (χ2v) is 7.69. The van der Waals surface area contributed by atoms with Gasteiger partial charge in [-0.05, 0) is 25.7 Å². The topological polar surface area (TPSA) is 150 Å². The van der Waals surface area contributed by atoms with Crippen LogP contribution in [0.25, 0.3) is 11.0 Å². The third-order valence-corrected chi connectivity index (χ3v) is 5.84. The number of fused-ring (bicyclic) bond motifs is 1. The van der Waals surface area contributed by atoms with E-state index in [1.807, 2.05) is 4.68 Å². The summed E-state index contributed by atoms with van der Waals surface area (Å²) in [5.41, 5.74) is 11.9. The van der Waals surface area contributed by atoms with Gasteiger partial charge in [-0.3, -0.25) is 9.59 Å². The zero-order chi connectivity index (χ0) is 20.4. The summed E-state index contributed by atoms with van der Waals surface area (Å²) in [5, 5.41) is 8.97. The minimum absolute atomic E-state index is 0. The monoisotopic (exact) mass is 414 g/mol. The summed E-state index contributed by atoms with van der Waals surface area (Å²) in [5.74, 6) is -0.101. The Kier molecular flexibility index (Phi) is 6.53. The summed E-state index contributed by atoms with van der Waals surface area (Å²) in [4.78, 5) is 29.1. The largest absolute Gasteiger partial charge is 0.383 e. The van der Waals surface area contributed by atoms with Gasteiger partial charge in [-0.2, -0.15) is 10.2 Å². The van der Waals surface area contributed by atoms with E-state index in [0.717, 1.165) is 25.7 Å². The number of H-pyrrole nitrogens is 1. The molecule has 5 rings (SSSR count). The molecule has 0 aliphatic heterocycles. The summed E-state index contributed by atoms with van der Waals surface area (Å²) in [6.45, 7) is 0. The molecule has 2 saturated carbocycles. The standard InChI is InChI=1S/C10H12N4O.C9H14N4O.CH4/c15-10-8-5-13-14(7-3-1-2-4-7)9(8)11-6-12-10;10-8-7(9(11)14)5-12-13(8)6-3-1-2-4-6;/h5-7H,1-4H2,(H,11,12,15);5-6H,1-4,10H2,(H2,11,14);1H4. The van der Waals surface area contributed by atoms with Gasteiger partial charge >= 0.3 is 0 Å². The Morgan fingerprint density at radius 2 is 1.57 bits per heavy atom. The first-order valence-corrected chi connectivity index (χ1v) is 10.1. The molecule has 2 aliphatic rings. The van der Waals surface area contributed by atoms with Crippen molar-refractivity contribution in [2.75, 3.05) is 5.73 Å². The fourth-order valence-corrected chi connectivity index (χ4v) is 4.29. The predicted octanol–water partition coefficient (Wildman–Crippen LogP) is 2.55. The van der Waals surface area contributed by atoms with E-state index in [1.165, 1.54) is 38.2 Å². The molecule has 3 aromatic heterocycles. The van der Waals surface area contributed by atoms with E-state index in [1.54, 1.807) is 10.9 Å². The zero-order valence-electron chi connectivity index (χ0n) is 16.3. The molecule has 162 valence electrons. The van der Waals surface area contributed by atoms with Crippen molar-refractivity contribution >= 4 is 22.8 Å². The number of nitrogens with two attached hydrogens (primary N) is 2. The predicted molar refractivity (Wildman–Crippen MR) is 115 cm³/mol. The van der Waals surface area contributed by atoms with E-state index in [2.05, 4.69) is 20.2 Å². The van der Waals surface area contributed by atoms with Gasteiger partial charge in [0, 0.05) is 0 Å². The number of carbonyl (C=O) groups excluding carboxylic acids is 1.